The van der Waals surface area contributed by atoms with Gasteiger partial charge in [-0.1, -0.05) is 0 Å². The molecule has 1 aliphatic carbocycles. The van der Waals surface area contributed by atoms with E-state index in [9.17, 15) is 14.4 Å². The molecular formula is C11H18N2O5. The average Bonchev–Trinajstić information content (AvgIpc) is 2.21. The summed E-state index contributed by atoms with van der Waals surface area (Å²) >= 11 is 0. The van der Waals surface area contributed by atoms with E-state index in [0.29, 0.717) is 0 Å². The van der Waals surface area contributed by atoms with E-state index in [1.165, 1.54) is 7.11 Å². The maximum absolute atomic E-state index is 11.7. The van der Waals surface area contributed by atoms with Gasteiger partial charge in [0.1, 0.15) is 6.04 Å². The molecule has 0 aromatic heterocycles. The van der Waals surface area contributed by atoms with Crippen LogP contribution in [0.15, 0.2) is 0 Å². The standard InChI is InChI=1S/C11H18N2O5/c1-18-11(3-2-4-11)6-9(15)13-7(10(16)17)5-8(12)14/h7H,2-6H2,1H3,(H2,12,14)(H,13,15)(H,16,17). The third-order valence-corrected chi connectivity index (χ3v) is 3.22. The fourth-order valence-electron chi connectivity index (χ4n) is 1.96. The van der Waals surface area contributed by atoms with Gasteiger partial charge in [-0.15, -0.1) is 0 Å². The Morgan fingerprint density at radius 3 is 2.39 bits per heavy atom. The topological polar surface area (TPSA) is 119 Å². The molecule has 7 heteroatoms. The fourth-order valence-corrected chi connectivity index (χ4v) is 1.96. The van der Waals surface area contributed by atoms with Crippen LogP contribution in [-0.4, -0.2) is 41.6 Å². The SMILES string of the molecule is COC1(CC(=O)NC(CC(N)=O)C(=O)O)CCC1. The first-order valence-electron chi connectivity index (χ1n) is 5.74. The lowest BCUT2D eigenvalue weighted by molar-refractivity contribution is -0.145. The number of carboxylic acid groups (broad SMARTS) is 1. The smallest absolute Gasteiger partial charge is 0.326 e. The molecule has 0 aromatic rings. The van der Waals surface area contributed by atoms with Crippen LogP contribution in [0.1, 0.15) is 32.1 Å². The van der Waals surface area contributed by atoms with Crippen molar-refractivity contribution in [1.82, 2.24) is 5.32 Å². The molecule has 1 unspecified atom stereocenters. The Bertz CT molecular complexity index is 346. The van der Waals surface area contributed by atoms with Crippen LogP contribution in [-0.2, 0) is 19.1 Å². The van der Waals surface area contributed by atoms with Gasteiger partial charge in [0, 0.05) is 7.11 Å². The molecule has 0 aromatic carbocycles. The third kappa shape index (κ3) is 3.69. The Morgan fingerprint density at radius 2 is 2.06 bits per heavy atom. The van der Waals surface area contributed by atoms with E-state index < -0.39 is 35.8 Å². The molecule has 1 atom stereocenters. The molecule has 18 heavy (non-hydrogen) atoms. The van der Waals surface area contributed by atoms with Gasteiger partial charge in [-0.3, -0.25) is 9.59 Å². The minimum atomic E-state index is -1.28. The van der Waals surface area contributed by atoms with Crippen LogP contribution in [0.5, 0.6) is 0 Å². The number of rotatable bonds is 7. The number of carbonyl (C=O) groups excluding carboxylic acids is 2. The van der Waals surface area contributed by atoms with Crippen LogP contribution in [0.4, 0.5) is 0 Å². The lowest BCUT2D eigenvalue weighted by Gasteiger charge is -2.40. The minimum Gasteiger partial charge on any atom is -0.480 e. The van der Waals surface area contributed by atoms with Crippen LogP contribution >= 0.6 is 0 Å². The highest BCUT2D eigenvalue weighted by atomic mass is 16.5. The van der Waals surface area contributed by atoms with Crippen LogP contribution in [0.3, 0.4) is 0 Å². The van der Waals surface area contributed by atoms with Crippen LogP contribution in [0.25, 0.3) is 0 Å². The summed E-state index contributed by atoms with van der Waals surface area (Å²) in [5.41, 5.74) is 4.45. The molecule has 102 valence electrons. The zero-order valence-electron chi connectivity index (χ0n) is 10.3. The van der Waals surface area contributed by atoms with Crippen molar-refractivity contribution in [3.05, 3.63) is 0 Å². The van der Waals surface area contributed by atoms with Gasteiger partial charge in [0.2, 0.25) is 11.8 Å². The molecule has 0 spiro atoms. The highest BCUT2D eigenvalue weighted by Gasteiger charge is 2.39. The van der Waals surface area contributed by atoms with Gasteiger partial charge in [0.05, 0.1) is 18.4 Å². The average molecular weight is 258 g/mol. The van der Waals surface area contributed by atoms with Crippen molar-refractivity contribution >= 4 is 17.8 Å². The number of aliphatic carboxylic acids is 1. The molecule has 1 rings (SSSR count). The van der Waals surface area contributed by atoms with Crippen LogP contribution < -0.4 is 11.1 Å². The minimum absolute atomic E-state index is 0.103. The second-order valence-corrected chi connectivity index (χ2v) is 4.55. The molecule has 0 heterocycles. The number of carbonyl (C=O) groups is 3. The van der Waals surface area contributed by atoms with Crippen molar-refractivity contribution in [2.45, 2.75) is 43.7 Å². The molecule has 0 aliphatic heterocycles. The molecule has 0 saturated heterocycles. The number of hydrogen-bond donors (Lipinski definition) is 3. The van der Waals surface area contributed by atoms with Gasteiger partial charge in [0.25, 0.3) is 0 Å². The maximum Gasteiger partial charge on any atom is 0.326 e. The van der Waals surface area contributed by atoms with E-state index in [1.54, 1.807) is 0 Å². The molecule has 0 bridgehead atoms. The quantitative estimate of drug-likeness (QED) is 0.563. The number of nitrogens with two attached hydrogens (primary N) is 1. The van der Waals surface area contributed by atoms with Crippen molar-refractivity contribution in [2.24, 2.45) is 5.73 Å². The molecule has 1 fully saturated rings. The number of ether oxygens (including phenoxy) is 1. The van der Waals surface area contributed by atoms with Crippen molar-refractivity contribution in [2.75, 3.05) is 7.11 Å². The molecule has 4 N–H and O–H groups in total. The highest BCUT2D eigenvalue weighted by Crippen LogP contribution is 2.37. The molecular weight excluding hydrogens is 240 g/mol. The Labute approximate surface area is 105 Å². The summed E-state index contributed by atoms with van der Waals surface area (Å²) in [5.74, 6) is -2.49. The summed E-state index contributed by atoms with van der Waals surface area (Å²) in [6.45, 7) is 0. The van der Waals surface area contributed by atoms with Gasteiger partial charge < -0.3 is 20.9 Å². The number of methoxy groups -OCH3 is 1. The van der Waals surface area contributed by atoms with Crippen molar-refractivity contribution in [3.63, 3.8) is 0 Å². The number of carboxylic acids is 1. The second kappa shape index (κ2) is 5.81. The summed E-state index contributed by atoms with van der Waals surface area (Å²) in [6, 6.07) is -1.27. The number of amides is 2. The predicted molar refractivity (Wildman–Crippen MR) is 61.6 cm³/mol. The Hall–Kier alpha value is -1.63. The van der Waals surface area contributed by atoms with E-state index in [2.05, 4.69) is 5.32 Å². The number of primary amides is 1. The van der Waals surface area contributed by atoms with Crippen LogP contribution in [0, 0.1) is 0 Å². The summed E-state index contributed by atoms with van der Waals surface area (Å²) < 4.78 is 5.27. The summed E-state index contributed by atoms with van der Waals surface area (Å²) in [7, 11) is 1.53. The number of nitrogens with one attached hydrogen (secondary N) is 1. The van der Waals surface area contributed by atoms with Crippen molar-refractivity contribution in [3.8, 4) is 0 Å². The first kappa shape index (κ1) is 14.4. The van der Waals surface area contributed by atoms with E-state index in [-0.39, 0.29) is 6.42 Å². The van der Waals surface area contributed by atoms with Gasteiger partial charge in [-0.25, -0.2) is 4.79 Å². The first-order valence-corrected chi connectivity index (χ1v) is 5.74. The van der Waals surface area contributed by atoms with E-state index in [4.69, 9.17) is 15.6 Å². The van der Waals surface area contributed by atoms with Crippen molar-refractivity contribution < 1.29 is 24.2 Å². The van der Waals surface area contributed by atoms with Crippen molar-refractivity contribution in [1.29, 1.82) is 0 Å². The third-order valence-electron chi connectivity index (χ3n) is 3.22. The Morgan fingerprint density at radius 1 is 1.44 bits per heavy atom. The van der Waals surface area contributed by atoms with E-state index in [0.717, 1.165) is 19.3 Å². The Balaban J connectivity index is 2.50. The van der Waals surface area contributed by atoms with Gasteiger partial charge >= 0.3 is 5.97 Å². The number of hydrogen-bond acceptors (Lipinski definition) is 4. The summed E-state index contributed by atoms with van der Waals surface area (Å²) in [5, 5.41) is 11.1. The largest absolute Gasteiger partial charge is 0.480 e. The highest BCUT2D eigenvalue weighted by molar-refractivity contribution is 5.88. The van der Waals surface area contributed by atoms with E-state index >= 15 is 0 Å². The summed E-state index contributed by atoms with van der Waals surface area (Å²) in [4.78, 5) is 33.2. The normalized spacial score (nSPS) is 18.5. The summed E-state index contributed by atoms with van der Waals surface area (Å²) in [6.07, 6.45) is 2.24. The van der Waals surface area contributed by atoms with Gasteiger partial charge in [0.15, 0.2) is 0 Å². The maximum atomic E-state index is 11.7. The molecule has 1 aliphatic rings. The van der Waals surface area contributed by atoms with Gasteiger partial charge in [-0.2, -0.15) is 0 Å². The zero-order valence-corrected chi connectivity index (χ0v) is 10.3. The molecule has 7 nitrogen and oxygen atoms in total. The lowest BCUT2D eigenvalue weighted by Crippen LogP contribution is -2.48. The lowest BCUT2D eigenvalue weighted by atomic mass is 9.77. The van der Waals surface area contributed by atoms with E-state index in [1.807, 2.05) is 0 Å². The molecule has 0 radical (unpaired) electrons. The zero-order chi connectivity index (χ0) is 13.8. The second-order valence-electron chi connectivity index (χ2n) is 4.55. The molecule has 2 amide bonds. The monoisotopic (exact) mass is 258 g/mol. The first-order chi connectivity index (χ1) is 8.38. The van der Waals surface area contributed by atoms with Crippen LogP contribution in [0.2, 0.25) is 0 Å². The fraction of sp³-hybridized carbons (Fsp3) is 0.727. The predicted octanol–water partition coefficient (Wildman–Crippen LogP) is -0.610. The van der Waals surface area contributed by atoms with Gasteiger partial charge in [-0.05, 0) is 19.3 Å². The molecule has 1 saturated carbocycles. The Kier molecular flexibility index (Phi) is 4.66.